The number of benzene rings is 1. The Morgan fingerprint density at radius 3 is 2.16 bits per heavy atom. The first kappa shape index (κ1) is 34.1. The number of fused-ring (bicyclic) bond motifs is 1. The van der Waals surface area contributed by atoms with Gasteiger partial charge in [0.2, 0.25) is 0 Å². The average molecular weight is 581 g/mol. The molecule has 0 bridgehead atoms. The number of rotatable bonds is 4. The fraction of sp³-hybridized carbons (Fsp3) is 0.667. The minimum atomic E-state index is -0.450. The molecule has 3 N–H and O–H groups in total. The number of piperidine rings is 1. The number of halogens is 3. The number of methoxy groups -OCH3 is 1. The zero-order chi connectivity index (χ0) is 24.9. The Morgan fingerprint density at radius 1 is 1.05 bits per heavy atom. The molecule has 5 rings (SSSR count). The molecule has 0 aliphatic carbocycles. The third kappa shape index (κ3) is 11.8. The molecule has 3 aliphatic heterocycles. The Balaban J connectivity index is 0.000000402. The van der Waals surface area contributed by atoms with Crippen LogP contribution in [0.15, 0.2) is 24.4 Å². The van der Waals surface area contributed by atoms with Crippen molar-refractivity contribution in [3.8, 4) is 5.75 Å². The lowest BCUT2D eigenvalue weighted by molar-refractivity contribution is 0.0542. The van der Waals surface area contributed by atoms with Gasteiger partial charge in [0.15, 0.2) is 0 Å². The monoisotopic (exact) mass is 579 g/mol. The highest BCUT2D eigenvalue weighted by molar-refractivity contribution is 6.32. The van der Waals surface area contributed by atoms with E-state index in [-0.39, 0.29) is 30.9 Å². The lowest BCUT2D eigenvalue weighted by atomic mass is 10.0. The van der Waals surface area contributed by atoms with Crippen LogP contribution >= 0.6 is 36.4 Å². The Kier molecular flexibility index (Phi) is 17.7. The van der Waals surface area contributed by atoms with Gasteiger partial charge in [-0.25, -0.2) is 0 Å². The first-order valence-electron chi connectivity index (χ1n) is 13.0. The van der Waals surface area contributed by atoms with Gasteiger partial charge in [0, 0.05) is 57.1 Å². The second-order valence-electron chi connectivity index (χ2n) is 9.38. The third-order valence-electron chi connectivity index (χ3n) is 6.68. The lowest BCUT2D eigenvalue weighted by Gasteiger charge is -2.34. The van der Waals surface area contributed by atoms with Crippen molar-refractivity contribution >= 4 is 47.3 Å². The van der Waals surface area contributed by atoms with Gasteiger partial charge in [0.25, 0.3) is 0 Å². The number of nitrogens with two attached hydrogens (primary N) is 1. The van der Waals surface area contributed by atoms with E-state index in [2.05, 4.69) is 9.88 Å². The molecule has 3 aliphatic rings. The molecule has 3 fully saturated rings. The molecular weight excluding hydrogens is 537 g/mol. The topological polar surface area (TPSA) is 90.1 Å². The van der Waals surface area contributed by atoms with Crippen LogP contribution in [0.3, 0.4) is 0 Å². The maximum Gasteiger partial charge on any atom is 0.119 e. The maximum atomic E-state index is 9.92. The molecule has 0 spiro atoms. The Hall–Kier alpha value is -0.900. The van der Waals surface area contributed by atoms with Crippen LogP contribution in [0, 0.1) is 0 Å². The van der Waals surface area contributed by atoms with E-state index in [4.69, 9.17) is 31.5 Å². The summed E-state index contributed by atoms with van der Waals surface area (Å²) in [6.07, 6.45) is 10.7. The summed E-state index contributed by atoms with van der Waals surface area (Å²) in [7, 11) is 1.65. The molecule has 2 aromatic rings. The second kappa shape index (κ2) is 19.2. The van der Waals surface area contributed by atoms with Gasteiger partial charge in [0.1, 0.15) is 5.75 Å². The number of hydrogen-bond donors (Lipinski definition) is 2. The SMILES string of the molecule is C1CCOCC1.C1CCOCC1.COc1ccc2ncc(Cl)c(CCN3CC[C@@H](N)[C@@H](O)C3)c2c1.Cl.Cl. The second-order valence-corrected chi connectivity index (χ2v) is 9.79. The molecule has 1 aromatic heterocycles. The van der Waals surface area contributed by atoms with E-state index in [1.807, 2.05) is 18.2 Å². The molecular formula is C27H44Cl3N3O4. The van der Waals surface area contributed by atoms with Crippen molar-refractivity contribution in [2.75, 3.05) is 53.2 Å². The summed E-state index contributed by atoms with van der Waals surface area (Å²) < 4.78 is 15.4. The predicted octanol–water partition coefficient (Wildman–Crippen LogP) is 5.05. The molecule has 7 nitrogen and oxygen atoms in total. The van der Waals surface area contributed by atoms with Crippen LogP contribution in [0.4, 0.5) is 0 Å². The highest BCUT2D eigenvalue weighted by atomic mass is 35.5. The fourth-order valence-electron chi connectivity index (χ4n) is 4.45. The van der Waals surface area contributed by atoms with E-state index >= 15 is 0 Å². The van der Waals surface area contributed by atoms with Crippen LogP contribution in [0.1, 0.15) is 50.5 Å². The van der Waals surface area contributed by atoms with Crippen molar-refractivity contribution in [1.82, 2.24) is 9.88 Å². The average Bonchev–Trinajstić information content (AvgIpc) is 2.92. The van der Waals surface area contributed by atoms with Gasteiger partial charge >= 0.3 is 0 Å². The number of aliphatic hydroxyl groups is 1. The molecule has 0 radical (unpaired) electrons. The summed E-state index contributed by atoms with van der Waals surface area (Å²) in [6, 6.07) is 5.71. The molecule has 3 saturated heterocycles. The van der Waals surface area contributed by atoms with Crippen molar-refractivity contribution < 1.29 is 19.3 Å². The number of aliphatic hydroxyl groups excluding tert-OH is 1. The van der Waals surface area contributed by atoms with Crippen molar-refractivity contribution in [3.63, 3.8) is 0 Å². The van der Waals surface area contributed by atoms with E-state index in [0.29, 0.717) is 11.6 Å². The zero-order valence-electron chi connectivity index (χ0n) is 21.9. The summed E-state index contributed by atoms with van der Waals surface area (Å²) in [5.74, 6) is 0.794. The Labute approximate surface area is 239 Å². The lowest BCUT2D eigenvalue weighted by Crippen LogP contribution is -2.50. The molecule has 0 amide bonds. The van der Waals surface area contributed by atoms with E-state index < -0.39 is 6.10 Å². The van der Waals surface area contributed by atoms with Crippen LogP contribution < -0.4 is 10.5 Å². The highest BCUT2D eigenvalue weighted by Crippen LogP contribution is 2.28. The van der Waals surface area contributed by atoms with Crippen molar-refractivity contribution in [2.45, 2.75) is 63.5 Å². The Bertz CT molecular complexity index is 850. The zero-order valence-corrected chi connectivity index (χ0v) is 24.3. The minimum Gasteiger partial charge on any atom is -0.497 e. The number of β-amino-alcohol motifs (C(OH)–C–C–N with tert-alkyl or cyclic N) is 1. The van der Waals surface area contributed by atoms with Crippen molar-refractivity contribution in [1.29, 1.82) is 0 Å². The summed E-state index contributed by atoms with van der Waals surface area (Å²) in [5, 5.41) is 11.6. The first-order chi connectivity index (χ1) is 17.1. The minimum absolute atomic E-state index is 0. The quantitative estimate of drug-likeness (QED) is 0.523. The fourth-order valence-corrected chi connectivity index (χ4v) is 4.69. The number of nitrogens with zero attached hydrogens (tertiary/aromatic N) is 2. The predicted molar refractivity (Wildman–Crippen MR) is 156 cm³/mol. The number of likely N-dealkylation sites (tertiary alicyclic amines) is 1. The summed E-state index contributed by atoms with van der Waals surface area (Å²) >= 11 is 6.38. The molecule has 212 valence electrons. The molecule has 2 atom stereocenters. The van der Waals surface area contributed by atoms with Crippen LogP contribution in [-0.4, -0.2) is 80.3 Å². The van der Waals surface area contributed by atoms with E-state index in [9.17, 15) is 5.11 Å². The van der Waals surface area contributed by atoms with Gasteiger partial charge in [-0.05, 0) is 81.7 Å². The first-order valence-corrected chi connectivity index (χ1v) is 13.4. The number of pyridine rings is 1. The van der Waals surface area contributed by atoms with E-state index in [1.165, 1.54) is 38.5 Å². The van der Waals surface area contributed by atoms with Gasteiger partial charge in [-0.2, -0.15) is 0 Å². The van der Waals surface area contributed by atoms with Gasteiger partial charge in [-0.15, -0.1) is 24.8 Å². The number of ether oxygens (including phenoxy) is 3. The standard InChI is InChI=1S/C17H22ClN3O2.2C5H10O.2ClH/c1-23-11-2-3-16-13(8-11)12(14(18)9-20-16)4-6-21-7-5-15(19)17(22)10-21;2*1-2-4-6-5-3-1;;/h2-3,8-9,15,17,22H,4-7,10,19H2,1H3;2*1-5H2;2*1H/t15-,17+;;;;/m1..../s1. The van der Waals surface area contributed by atoms with Gasteiger partial charge < -0.3 is 30.0 Å². The normalized spacial score (nSPS) is 21.7. The van der Waals surface area contributed by atoms with Crippen molar-refractivity contribution in [2.24, 2.45) is 5.73 Å². The summed E-state index contributed by atoms with van der Waals surface area (Å²) in [5.41, 5.74) is 7.84. The summed E-state index contributed by atoms with van der Waals surface area (Å²) in [6.45, 7) is 6.35. The largest absolute Gasteiger partial charge is 0.497 e. The third-order valence-corrected chi connectivity index (χ3v) is 7.01. The number of hydrogen-bond acceptors (Lipinski definition) is 7. The molecule has 37 heavy (non-hydrogen) atoms. The van der Waals surface area contributed by atoms with Crippen LogP contribution in [0.2, 0.25) is 5.02 Å². The molecule has 1 aromatic carbocycles. The molecule has 0 saturated carbocycles. The summed E-state index contributed by atoms with van der Waals surface area (Å²) in [4.78, 5) is 6.61. The smallest absolute Gasteiger partial charge is 0.119 e. The van der Waals surface area contributed by atoms with E-state index in [0.717, 1.165) is 74.6 Å². The highest BCUT2D eigenvalue weighted by Gasteiger charge is 2.24. The van der Waals surface area contributed by atoms with E-state index in [1.54, 1.807) is 13.3 Å². The van der Waals surface area contributed by atoms with Crippen molar-refractivity contribution in [3.05, 3.63) is 35.0 Å². The van der Waals surface area contributed by atoms with Crippen LogP contribution in [-0.2, 0) is 15.9 Å². The van der Waals surface area contributed by atoms with Gasteiger partial charge in [-0.3, -0.25) is 4.98 Å². The molecule has 0 unspecified atom stereocenters. The molecule has 4 heterocycles. The number of aromatic nitrogens is 1. The van der Waals surface area contributed by atoms with Crippen LogP contribution in [0.5, 0.6) is 5.75 Å². The Morgan fingerprint density at radius 2 is 1.68 bits per heavy atom. The maximum absolute atomic E-state index is 9.92. The van der Waals surface area contributed by atoms with Gasteiger partial charge in [0.05, 0.1) is 23.8 Å². The van der Waals surface area contributed by atoms with Crippen LogP contribution in [0.25, 0.3) is 10.9 Å². The molecule has 10 heteroatoms. The van der Waals surface area contributed by atoms with Gasteiger partial charge in [-0.1, -0.05) is 11.6 Å².